The Morgan fingerprint density at radius 1 is 1.09 bits per heavy atom. The molecule has 122 valence electrons. The van der Waals surface area contributed by atoms with Gasteiger partial charge in [-0.3, -0.25) is 4.79 Å². The molecule has 0 aromatic heterocycles. The van der Waals surface area contributed by atoms with Crippen LogP contribution in [0.1, 0.15) is 25.3 Å². The van der Waals surface area contributed by atoms with Gasteiger partial charge in [0.25, 0.3) is 0 Å². The van der Waals surface area contributed by atoms with Crippen molar-refractivity contribution in [1.29, 1.82) is 0 Å². The maximum absolute atomic E-state index is 12.0. The molecule has 0 saturated heterocycles. The normalized spacial score (nSPS) is 10.6. The van der Waals surface area contributed by atoms with Gasteiger partial charge >= 0.3 is 0 Å². The topological polar surface area (TPSA) is 38.3 Å². The Kier molecular flexibility index (Phi) is 7.01. The number of hydrogen-bond donors (Lipinski definition) is 1. The second kappa shape index (κ2) is 9.26. The van der Waals surface area contributed by atoms with Crippen LogP contribution in [-0.2, 0) is 4.79 Å². The number of thioether (sulfide) groups is 1. The Bertz CT molecular complexity index is 614. The molecule has 1 amide bonds. The Hall–Kier alpha value is -1.94. The van der Waals surface area contributed by atoms with Crippen LogP contribution in [0.25, 0.3) is 0 Å². The van der Waals surface area contributed by atoms with Crippen LogP contribution in [0.3, 0.4) is 0 Å². The summed E-state index contributed by atoms with van der Waals surface area (Å²) in [6.07, 6.45) is 0. The van der Waals surface area contributed by atoms with E-state index in [1.807, 2.05) is 48.5 Å². The van der Waals surface area contributed by atoms with Crippen LogP contribution in [0.15, 0.2) is 54.6 Å². The molecule has 0 atom stereocenters. The van der Waals surface area contributed by atoms with E-state index in [-0.39, 0.29) is 5.91 Å². The molecule has 0 fully saturated rings. The predicted molar refractivity (Wildman–Crippen MR) is 98.4 cm³/mol. The van der Waals surface area contributed by atoms with Gasteiger partial charge in [0.1, 0.15) is 5.75 Å². The molecule has 23 heavy (non-hydrogen) atoms. The van der Waals surface area contributed by atoms with Gasteiger partial charge in [-0.15, -0.1) is 11.8 Å². The van der Waals surface area contributed by atoms with E-state index in [0.29, 0.717) is 18.3 Å². The number of para-hydroxylation sites is 2. The number of carbonyl (C=O) groups excluding carboxylic acids is 1. The zero-order valence-electron chi connectivity index (χ0n) is 13.6. The lowest BCUT2D eigenvalue weighted by Crippen LogP contribution is -2.16. The molecule has 0 heterocycles. The highest BCUT2D eigenvalue weighted by Gasteiger charge is 2.09. The standard InChI is InChI=1S/C19H23NO2S/c1-15(2)17-10-6-7-11-18(17)20-19(21)14-23-13-12-22-16-8-4-3-5-9-16/h3-11,15H,12-14H2,1-2H3,(H,20,21). The predicted octanol–water partition coefficient (Wildman–Crippen LogP) is 4.56. The maximum atomic E-state index is 12.0. The smallest absolute Gasteiger partial charge is 0.234 e. The summed E-state index contributed by atoms with van der Waals surface area (Å²) in [7, 11) is 0. The van der Waals surface area contributed by atoms with Crippen LogP contribution in [0.2, 0.25) is 0 Å². The van der Waals surface area contributed by atoms with Gasteiger partial charge in [-0.25, -0.2) is 0 Å². The third-order valence-electron chi connectivity index (χ3n) is 3.33. The second-order valence-electron chi connectivity index (χ2n) is 5.50. The van der Waals surface area contributed by atoms with Crippen LogP contribution < -0.4 is 10.1 Å². The first-order valence-electron chi connectivity index (χ1n) is 7.81. The Morgan fingerprint density at radius 3 is 2.52 bits per heavy atom. The van der Waals surface area contributed by atoms with Crippen LogP contribution >= 0.6 is 11.8 Å². The van der Waals surface area contributed by atoms with Crippen molar-refractivity contribution in [2.24, 2.45) is 0 Å². The highest BCUT2D eigenvalue weighted by molar-refractivity contribution is 7.99. The molecule has 2 rings (SSSR count). The van der Waals surface area contributed by atoms with E-state index in [4.69, 9.17) is 4.74 Å². The highest BCUT2D eigenvalue weighted by Crippen LogP contribution is 2.23. The van der Waals surface area contributed by atoms with Crippen molar-refractivity contribution in [2.75, 3.05) is 23.4 Å². The van der Waals surface area contributed by atoms with E-state index in [9.17, 15) is 4.79 Å². The lowest BCUT2D eigenvalue weighted by Gasteiger charge is -2.13. The number of ether oxygens (including phenoxy) is 1. The first kappa shape index (κ1) is 17.4. The van der Waals surface area contributed by atoms with Crippen LogP contribution in [0.5, 0.6) is 5.75 Å². The average Bonchev–Trinajstić information content (AvgIpc) is 2.56. The molecule has 0 unspecified atom stereocenters. The zero-order chi connectivity index (χ0) is 16.5. The number of rotatable bonds is 8. The van der Waals surface area contributed by atoms with Crippen LogP contribution in [0, 0.1) is 0 Å². The van der Waals surface area contributed by atoms with Gasteiger partial charge in [0.2, 0.25) is 5.91 Å². The van der Waals surface area contributed by atoms with Gasteiger partial charge in [-0.1, -0.05) is 50.2 Å². The number of carbonyl (C=O) groups is 1. The molecular formula is C19H23NO2S. The molecule has 1 N–H and O–H groups in total. The molecule has 3 nitrogen and oxygen atoms in total. The fourth-order valence-electron chi connectivity index (χ4n) is 2.20. The summed E-state index contributed by atoms with van der Waals surface area (Å²) in [5.74, 6) is 2.50. The minimum atomic E-state index is 0.0304. The average molecular weight is 329 g/mol. The summed E-state index contributed by atoms with van der Waals surface area (Å²) >= 11 is 1.58. The van der Waals surface area contributed by atoms with E-state index >= 15 is 0 Å². The van der Waals surface area contributed by atoms with Gasteiger partial charge in [-0.05, 0) is 29.7 Å². The summed E-state index contributed by atoms with van der Waals surface area (Å²) < 4.78 is 5.60. The number of nitrogens with one attached hydrogen (secondary N) is 1. The van der Waals surface area contributed by atoms with Gasteiger partial charge in [0, 0.05) is 11.4 Å². The van der Waals surface area contributed by atoms with Crippen LogP contribution in [-0.4, -0.2) is 24.0 Å². The minimum absolute atomic E-state index is 0.0304. The SMILES string of the molecule is CC(C)c1ccccc1NC(=O)CSCCOc1ccccc1. The molecule has 0 aliphatic rings. The van der Waals surface area contributed by atoms with E-state index in [1.165, 1.54) is 5.56 Å². The summed E-state index contributed by atoms with van der Waals surface area (Å²) in [5.41, 5.74) is 2.08. The third-order valence-corrected chi connectivity index (χ3v) is 4.25. The summed E-state index contributed by atoms with van der Waals surface area (Å²) in [4.78, 5) is 12.0. The Morgan fingerprint density at radius 2 is 1.78 bits per heavy atom. The van der Waals surface area contributed by atoms with Gasteiger partial charge < -0.3 is 10.1 Å². The molecule has 0 spiro atoms. The molecule has 0 aliphatic carbocycles. The fourth-order valence-corrected chi connectivity index (χ4v) is 2.80. The lowest BCUT2D eigenvalue weighted by molar-refractivity contribution is -0.113. The minimum Gasteiger partial charge on any atom is -0.493 e. The molecule has 2 aromatic carbocycles. The monoisotopic (exact) mass is 329 g/mol. The highest BCUT2D eigenvalue weighted by atomic mass is 32.2. The van der Waals surface area contributed by atoms with Crippen LogP contribution in [0.4, 0.5) is 5.69 Å². The van der Waals surface area contributed by atoms with E-state index in [0.717, 1.165) is 17.2 Å². The maximum Gasteiger partial charge on any atom is 0.234 e. The molecule has 0 bridgehead atoms. The van der Waals surface area contributed by atoms with Crippen molar-refractivity contribution in [2.45, 2.75) is 19.8 Å². The largest absolute Gasteiger partial charge is 0.493 e. The quantitative estimate of drug-likeness (QED) is 0.722. The summed E-state index contributed by atoms with van der Waals surface area (Å²) in [5, 5.41) is 3.00. The number of anilines is 1. The van der Waals surface area contributed by atoms with Crippen molar-refractivity contribution in [1.82, 2.24) is 0 Å². The van der Waals surface area contributed by atoms with Gasteiger partial charge in [0.05, 0.1) is 12.4 Å². The molecule has 0 saturated carbocycles. The molecule has 2 aromatic rings. The fraction of sp³-hybridized carbons (Fsp3) is 0.316. The first-order valence-corrected chi connectivity index (χ1v) is 8.96. The van der Waals surface area contributed by atoms with E-state index in [1.54, 1.807) is 11.8 Å². The zero-order valence-corrected chi connectivity index (χ0v) is 14.4. The summed E-state index contributed by atoms with van der Waals surface area (Å²) in [6, 6.07) is 17.7. The van der Waals surface area contributed by atoms with Crippen molar-refractivity contribution >= 4 is 23.4 Å². The molecule has 0 radical (unpaired) electrons. The molecule has 0 aliphatic heterocycles. The number of hydrogen-bond acceptors (Lipinski definition) is 3. The van der Waals surface area contributed by atoms with E-state index in [2.05, 4.69) is 25.2 Å². The van der Waals surface area contributed by atoms with Crippen molar-refractivity contribution in [3.8, 4) is 5.75 Å². The van der Waals surface area contributed by atoms with Crippen molar-refractivity contribution in [3.63, 3.8) is 0 Å². The Balaban J connectivity index is 1.69. The van der Waals surface area contributed by atoms with Crippen molar-refractivity contribution in [3.05, 3.63) is 60.2 Å². The molecular weight excluding hydrogens is 306 g/mol. The first-order chi connectivity index (χ1) is 11.2. The van der Waals surface area contributed by atoms with Gasteiger partial charge in [0.15, 0.2) is 0 Å². The second-order valence-corrected chi connectivity index (χ2v) is 6.61. The third kappa shape index (κ3) is 5.99. The van der Waals surface area contributed by atoms with E-state index < -0.39 is 0 Å². The number of amides is 1. The molecule has 4 heteroatoms. The Labute approximate surface area is 142 Å². The van der Waals surface area contributed by atoms with Crippen molar-refractivity contribution < 1.29 is 9.53 Å². The lowest BCUT2D eigenvalue weighted by atomic mass is 10.0. The summed E-state index contributed by atoms with van der Waals surface area (Å²) in [6.45, 7) is 4.85. The van der Waals surface area contributed by atoms with Gasteiger partial charge in [-0.2, -0.15) is 0 Å². The number of benzene rings is 2.